The van der Waals surface area contributed by atoms with Gasteiger partial charge in [-0.2, -0.15) is 5.10 Å². The van der Waals surface area contributed by atoms with E-state index in [4.69, 9.17) is 9.84 Å². The second-order valence-electron chi connectivity index (χ2n) is 11.0. The molecule has 6 heteroatoms. The zero-order chi connectivity index (χ0) is 27.5. The fourth-order valence-corrected chi connectivity index (χ4v) is 6.65. The molecular formula is C34H33FN2O3. The summed E-state index contributed by atoms with van der Waals surface area (Å²) in [5.74, 6) is -1.13. The lowest BCUT2D eigenvalue weighted by Gasteiger charge is -2.30. The topological polar surface area (TPSA) is 59.0 Å². The van der Waals surface area contributed by atoms with E-state index in [1.54, 1.807) is 12.1 Å². The van der Waals surface area contributed by atoms with Crippen LogP contribution in [0.15, 0.2) is 95.6 Å². The molecular weight excluding hydrogens is 503 g/mol. The molecule has 3 aromatic carbocycles. The number of ether oxygens (including phenoxy) is 1. The molecule has 5 nitrogen and oxygen atoms in total. The van der Waals surface area contributed by atoms with E-state index < -0.39 is 18.0 Å². The van der Waals surface area contributed by atoms with Crippen LogP contribution >= 0.6 is 0 Å². The van der Waals surface area contributed by atoms with Crippen LogP contribution in [0, 0.1) is 11.7 Å². The predicted molar refractivity (Wildman–Crippen MR) is 153 cm³/mol. The first-order valence-electron chi connectivity index (χ1n) is 14.2. The van der Waals surface area contributed by atoms with Gasteiger partial charge in [0.1, 0.15) is 5.82 Å². The smallest absolute Gasteiger partial charge is 0.317 e. The van der Waals surface area contributed by atoms with Gasteiger partial charge in [0, 0.05) is 5.92 Å². The van der Waals surface area contributed by atoms with Crippen LogP contribution in [-0.4, -0.2) is 29.2 Å². The lowest BCUT2D eigenvalue weighted by Crippen LogP contribution is -2.39. The third-order valence-corrected chi connectivity index (χ3v) is 8.59. The number of benzene rings is 3. The zero-order valence-electron chi connectivity index (χ0n) is 22.5. The maximum Gasteiger partial charge on any atom is 0.317 e. The lowest BCUT2D eigenvalue weighted by atomic mass is 9.77. The van der Waals surface area contributed by atoms with E-state index in [1.165, 1.54) is 17.1 Å². The van der Waals surface area contributed by atoms with Crippen LogP contribution in [0.3, 0.4) is 0 Å². The first-order chi connectivity index (χ1) is 19.5. The molecule has 2 aliphatic carbocycles. The number of halogens is 1. The number of fused-ring (bicyclic) bond motifs is 1. The van der Waals surface area contributed by atoms with Crippen molar-refractivity contribution in [1.29, 1.82) is 0 Å². The highest BCUT2D eigenvalue weighted by molar-refractivity contribution is 6.08. The first kappa shape index (κ1) is 26.2. The maximum atomic E-state index is 14.1. The summed E-state index contributed by atoms with van der Waals surface area (Å²) in [5.41, 5.74) is 3.90. The van der Waals surface area contributed by atoms with Crippen molar-refractivity contribution in [1.82, 2.24) is 5.01 Å². The SMILES string of the molecule is O=C(COC(=O)C1(c2cccc(F)c2)CCCC1)N1N=C2/C(=C\c3ccccc3)CCC[C@@H]2[C@H]1c1ccccc1. The Kier molecular flexibility index (Phi) is 7.33. The molecule has 40 heavy (non-hydrogen) atoms. The van der Waals surface area contributed by atoms with Crippen molar-refractivity contribution in [3.8, 4) is 0 Å². The van der Waals surface area contributed by atoms with E-state index in [0.717, 1.165) is 54.5 Å². The molecule has 2 saturated carbocycles. The minimum atomic E-state index is -0.919. The number of hydrogen-bond acceptors (Lipinski definition) is 4. The van der Waals surface area contributed by atoms with Crippen LogP contribution in [0.25, 0.3) is 6.08 Å². The van der Waals surface area contributed by atoms with Gasteiger partial charge in [-0.1, -0.05) is 85.6 Å². The summed E-state index contributed by atoms with van der Waals surface area (Å²) in [5, 5.41) is 6.44. The van der Waals surface area contributed by atoms with E-state index in [1.807, 2.05) is 48.5 Å². The van der Waals surface area contributed by atoms with Crippen LogP contribution in [0.2, 0.25) is 0 Å². The van der Waals surface area contributed by atoms with Gasteiger partial charge in [-0.05, 0) is 72.6 Å². The van der Waals surface area contributed by atoms with Gasteiger partial charge in [0.05, 0.1) is 17.2 Å². The standard InChI is InChI=1S/C34H33FN2O3/c35-28-17-10-16-27(22-28)34(19-7-8-20-34)33(39)40-23-30(38)37-32(25-13-5-2-6-14-25)29-18-9-15-26(31(29)36-37)21-24-11-3-1-4-12-24/h1-6,10-14,16-17,21-22,29,32H,7-9,15,18-20,23H2/b26-21-/t29-,32+/m0/s1. The van der Waals surface area contributed by atoms with Crippen LogP contribution in [-0.2, 0) is 19.7 Å². The molecule has 204 valence electrons. The Hall–Kier alpha value is -4.06. The number of nitrogens with zero attached hydrogens (tertiary/aromatic N) is 2. The average molecular weight is 537 g/mol. The van der Waals surface area contributed by atoms with Gasteiger partial charge in [-0.3, -0.25) is 9.59 Å². The molecule has 0 saturated heterocycles. The van der Waals surface area contributed by atoms with Gasteiger partial charge in [0.25, 0.3) is 5.91 Å². The highest BCUT2D eigenvalue weighted by Gasteiger charge is 2.46. The van der Waals surface area contributed by atoms with Gasteiger partial charge < -0.3 is 4.74 Å². The molecule has 0 bridgehead atoms. The number of esters is 1. The van der Waals surface area contributed by atoms with Crippen LogP contribution in [0.5, 0.6) is 0 Å². The fraction of sp³-hybridized carbons (Fsp3) is 0.324. The van der Waals surface area contributed by atoms with Gasteiger partial charge in [-0.25, -0.2) is 9.40 Å². The number of hydrogen-bond donors (Lipinski definition) is 0. The van der Waals surface area contributed by atoms with E-state index in [2.05, 4.69) is 18.2 Å². The molecule has 3 aromatic rings. The van der Waals surface area contributed by atoms with Crippen LogP contribution in [0.4, 0.5) is 4.39 Å². The van der Waals surface area contributed by atoms with Crippen LogP contribution < -0.4 is 0 Å². The third-order valence-electron chi connectivity index (χ3n) is 8.59. The minimum absolute atomic E-state index is 0.0687. The summed E-state index contributed by atoms with van der Waals surface area (Å²) in [6.45, 7) is -0.402. The molecule has 1 aliphatic heterocycles. The number of allylic oxidation sites excluding steroid dienone is 1. The maximum absolute atomic E-state index is 14.1. The van der Waals surface area contributed by atoms with Gasteiger partial charge >= 0.3 is 5.97 Å². The average Bonchev–Trinajstić information content (AvgIpc) is 3.64. The summed E-state index contributed by atoms with van der Waals surface area (Å²) in [7, 11) is 0. The van der Waals surface area contributed by atoms with E-state index in [-0.39, 0.29) is 23.7 Å². The Morgan fingerprint density at radius 2 is 1.68 bits per heavy atom. The molecule has 1 amide bonds. The second-order valence-corrected chi connectivity index (χ2v) is 11.0. The molecule has 0 radical (unpaired) electrons. The molecule has 3 aliphatic rings. The van der Waals surface area contributed by atoms with E-state index in [0.29, 0.717) is 18.4 Å². The number of carbonyl (C=O) groups excluding carboxylic acids is 2. The molecule has 2 fully saturated rings. The van der Waals surface area contributed by atoms with Gasteiger partial charge in [-0.15, -0.1) is 0 Å². The Morgan fingerprint density at radius 3 is 2.40 bits per heavy atom. The summed E-state index contributed by atoms with van der Waals surface area (Å²) < 4.78 is 19.8. The minimum Gasteiger partial charge on any atom is -0.455 e. The quantitative estimate of drug-likeness (QED) is 0.319. The Morgan fingerprint density at radius 1 is 0.950 bits per heavy atom. The van der Waals surface area contributed by atoms with E-state index in [9.17, 15) is 14.0 Å². The largest absolute Gasteiger partial charge is 0.455 e. The Bertz CT molecular complexity index is 1440. The normalized spacial score (nSPS) is 22.6. The summed E-state index contributed by atoms with van der Waals surface area (Å²) in [6, 6.07) is 26.1. The number of rotatable bonds is 6. The molecule has 0 N–H and O–H groups in total. The molecule has 6 rings (SSSR count). The zero-order valence-corrected chi connectivity index (χ0v) is 22.5. The van der Waals surface area contributed by atoms with Crippen molar-refractivity contribution in [3.05, 3.63) is 113 Å². The molecule has 0 aromatic heterocycles. The van der Waals surface area contributed by atoms with Crippen LogP contribution in [0.1, 0.15) is 67.7 Å². The fourth-order valence-electron chi connectivity index (χ4n) is 6.65. The summed E-state index contributed by atoms with van der Waals surface area (Å²) >= 11 is 0. The highest BCUT2D eigenvalue weighted by Crippen LogP contribution is 2.45. The highest BCUT2D eigenvalue weighted by atomic mass is 19.1. The third kappa shape index (κ3) is 4.99. The van der Waals surface area contributed by atoms with Crippen molar-refractivity contribution in [2.75, 3.05) is 6.61 Å². The number of carbonyl (C=O) groups is 2. The second kappa shape index (κ2) is 11.2. The molecule has 0 unspecified atom stereocenters. The van der Waals surface area contributed by atoms with Crippen molar-refractivity contribution in [2.24, 2.45) is 11.0 Å². The number of amides is 1. The van der Waals surface area contributed by atoms with Crippen molar-refractivity contribution >= 4 is 23.7 Å². The number of hydrazone groups is 1. The van der Waals surface area contributed by atoms with E-state index >= 15 is 0 Å². The van der Waals surface area contributed by atoms with Gasteiger partial charge in [0.15, 0.2) is 6.61 Å². The summed E-state index contributed by atoms with van der Waals surface area (Å²) in [6.07, 6.45) is 7.88. The Labute approximate surface area is 234 Å². The Balaban J connectivity index is 1.27. The first-order valence-corrected chi connectivity index (χ1v) is 14.2. The van der Waals surface area contributed by atoms with Crippen molar-refractivity contribution < 1.29 is 18.7 Å². The molecule has 1 heterocycles. The van der Waals surface area contributed by atoms with Crippen molar-refractivity contribution in [3.63, 3.8) is 0 Å². The van der Waals surface area contributed by atoms with Gasteiger partial charge in [0.2, 0.25) is 0 Å². The predicted octanol–water partition coefficient (Wildman–Crippen LogP) is 7.00. The van der Waals surface area contributed by atoms with Crippen molar-refractivity contribution in [2.45, 2.75) is 56.4 Å². The molecule has 0 spiro atoms. The molecule has 2 atom stereocenters. The monoisotopic (exact) mass is 536 g/mol. The lowest BCUT2D eigenvalue weighted by molar-refractivity contribution is -0.158. The summed E-state index contributed by atoms with van der Waals surface area (Å²) in [4.78, 5) is 27.2.